The molecule has 0 spiro atoms. The highest BCUT2D eigenvalue weighted by atomic mass is 16.2. The maximum Gasteiger partial charge on any atom is 0.249 e. The summed E-state index contributed by atoms with van der Waals surface area (Å²) < 4.78 is 0. The van der Waals surface area contributed by atoms with Crippen LogP contribution in [0.4, 0.5) is 0 Å². The molecule has 10 nitrogen and oxygen atoms in total. The highest BCUT2D eigenvalue weighted by Crippen LogP contribution is 2.15. The molecule has 0 saturated carbocycles. The van der Waals surface area contributed by atoms with Crippen molar-refractivity contribution in [2.45, 2.75) is 56.8 Å². The van der Waals surface area contributed by atoms with Gasteiger partial charge in [0.1, 0.15) is 18.4 Å². The Balaban J connectivity index is 1.63. The van der Waals surface area contributed by atoms with Gasteiger partial charge in [0.05, 0.1) is 12.1 Å². The molecule has 5 atom stereocenters. The molecule has 3 heterocycles. The quantitative estimate of drug-likeness (QED) is 0.436. The molecule has 0 radical (unpaired) electrons. The van der Waals surface area contributed by atoms with Gasteiger partial charge in [0, 0.05) is 19.1 Å². The summed E-state index contributed by atoms with van der Waals surface area (Å²) in [6.45, 7) is 2.67. The first kappa shape index (κ1) is 19.2. The normalized spacial score (nSPS) is 30.2. The van der Waals surface area contributed by atoms with E-state index in [0.29, 0.717) is 6.42 Å². The Morgan fingerprint density at radius 3 is 2.70 bits per heavy atom. The van der Waals surface area contributed by atoms with E-state index in [4.69, 9.17) is 0 Å². The fourth-order valence-electron chi connectivity index (χ4n) is 3.45. The highest BCUT2D eigenvalue weighted by molar-refractivity contribution is 6.02. The van der Waals surface area contributed by atoms with Crippen LogP contribution in [0.25, 0.3) is 0 Å². The van der Waals surface area contributed by atoms with Crippen LogP contribution in [0.5, 0.6) is 0 Å². The average Bonchev–Trinajstić information content (AvgIpc) is 3.36. The summed E-state index contributed by atoms with van der Waals surface area (Å²) in [5.74, 6) is -1.50. The zero-order valence-electron chi connectivity index (χ0n) is 15.1. The van der Waals surface area contributed by atoms with Gasteiger partial charge in [0.15, 0.2) is 0 Å². The minimum Gasteiger partial charge on any atom is -0.344 e. The van der Waals surface area contributed by atoms with Gasteiger partial charge >= 0.3 is 0 Å². The van der Waals surface area contributed by atoms with Crippen molar-refractivity contribution < 1.29 is 19.2 Å². The molecular formula is C17H24N6O4. The van der Waals surface area contributed by atoms with Crippen LogP contribution in [-0.2, 0) is 19.2 Å². The number of carbonyl (C=O) groups excluding carboxylic acids is 4. The molecule has 2 fully saturated rings. The number of hydrogen-bond donors (Lipinski definition) is 4. The van der Waals surface area contributed by atoms with Crippen molar-refractivity contribution in [3.05, 3.63) is 0 Å². The molecule has 0 aromatic heterocycles. The summed E-state index contributed by atoms with van der Waals surface area (Å²) in [5.41, 5.74) is 0. The molecule has 2 unspecified atom stereocenters. The van der Waals surface area contributed by atoms with E-state index in [0.717, 1.165) is 13.0 Å². The fraction of sp³-hybridized carbons (Fsp3) is 0.647. The number of rotatable bonds is 6. The Morgan fingerprint density at radius 1 is 1.30 bits per heavy atom. The molecule has 0 aliphatic carbocycles. The Kier molecular flexibility index (Phi) is 5.94. The smallest absolute Gasteiger partial charge is 0.249 e. The predicted molar refractivity (Wildman–Crippen MR) is 97.2 cm³/mol. The van der Waals surface area contributed by atoms with Gasteiger partial charge in [-0.3, -0.25) is 29.5 Å². The van der Waals surface area contributed by atoms with E-state index in [1.165, 1.54) is 6.34 Å². The second kappa shape index (κ2) is 8.38. The van der Waals surface area contributed by atoms with Crippen LogP contribution in [0.3, 0.4) is 0 Å². The molecule has 0 bridgehead atoms. The highest BCUT2D eigenvalue weighted by Gasteiger charge is 2.35. The van der Waals surface area contributed by atoms with Gasteiger partial charge in [-0.15, -0.1) is 0 Å². The first-order valence-electron chi connectivity index (χ1n) is 9.17. The van der Waals surface area contributed by atoms with Crippen LogP contribution >= 0.6 is 0 Å². The van der Waals surface area contributed by atoms with Crippen molar-refractivity contribution in [2.24, 2.45) is 15.9 Å². The maximum absolute atomic E-state index is 12.7. The van der Waals surface area contributed by atoms with E-state index in [9.17, 15) is 19.2 Å². The van der Waals surface area contributed by atoms with E-state index in [1.54, 1.807) is 6.21 Å². The van der Waals surface area contributed by atoms with E-state index in [1.807, 2.05) is 6.92 Å². The van der Waals surface area contributed by atoms with Gasteiger partial charge < -0.3 is 16.0 Å². The molecule has 3 rings (SSSR count). The first-order chi connectivity index (χ1) is 12.9. The number of carbonyl (C=O) groups is 4. The van der Waals surface area contributed by atoms with Crippen molar-refractivity contribution >= 4 is 36.2 Å². The molecule has 10 heteroatoms. The number of aliphatic imine (C=N–C) groups is 2. The average molecular weight is 376 g/mol. The van der Waals surface area contributed by atoms with Crippen molar-refractivity contribution in [1.29, 1.82) is 0 Å². The summed E-state index contributed by atoms with van der Waals surface area (Å²) in [6.07, 6.45) is 4.66. The molecule has 4 N–H and O–H groups in total. The van der Waals surface area contributed by atoms with Crippen molar-refractivity contribution in [2.75, 3.05) is 6.54 Å². The lowest BCUT2D eigenvalue weighted by molar-refractivity contribution is -0.135. The molecule has 0 aromatic rings. The topological polar surface area (TPSA) is 141 Å². The molecule has 3 aliphatic heterocycles. The molecular weight excluding hydrogens is 352 g/mol. The Labute approximate surface area is 156 Å². The Hall–Kier alpha value is -2.62. The predicted octanol–water partition coefficient (Wildman–Crippen LogP) is -1.74. The van der Waals surface area contributed by atoms with Crippen molar-refractivity contribution in [1.82, 2.24) is 21.3 Å². The molecule has 2 saturated heterocycles. The summed E-state index contributed by atoms with van der Waals surface area (Å²) in [5, 5.41) is 10.7. The zero-order chi connectivity index (χ0) is 19.4. The Bertz CT molecular complexity index is 679. The van der Waals surface area contributed by atoms with Crippen LogP contribution in [0.2, 0.25) is 0 Å². The number of amides is 4. The summed E-state index contributed by atoms with van der Waals surface area (Å²) in [4.78, 5) is 56.7. The van der Waals surface area contributed by atoms with E-state index >= 15 is 0 Å². The van der Waals surface area contributed by atoms with Crippen LogP contribution in [-0.4, -0.2) is 66.9 Å². The van der Waals surface area contributed by atoms with Gasteiger partial charge in [-0.25, -0.2) is 4.99 Å². The fourth-order valence-corrected chi connectivity index (χ4v) is 3.45. The van der Waals surface area contributed by atoms with Crippen molar-refractivity contribution in [3.8, 4) is 0 Å². The third kappa shape index (κ3) is 4.76. The van der Waals surface area contributed by atoms with Crippen molar-refractivity contribution in [3.63, 3.8) is 0 Å². The SMILES string of the molecule is CC1CCN[C@@H]1C(=O)NC(=O)[C@H](CC1C=NC=N1)NC(=O)[C@@H]1CCC(=O)N1. The lowest BCUT2D eigenvalue weighted by Gasteiger charge is -2.22. The van der Waals surface area contributed by atoms with Crippen LogP contribution < -0.4 is 21.3 Å². The lowest BCUT2D eigenvalue weighted by Crippen LogP contribution is -2.55. The Morgan fingerprint density at radius 2 is 2.11 bits per heavy atom. The molecule has 27 heavy (non-hydrogen) atoms. The molecule has 146 valence electrons. The van der Waals surface area contributed by atoms with E-state index < -0.39 is 35.8 Å². The van der Waals surface area contributed by atoms with E-state index in [-0.39, 0.29) is 30.7 Å². The summed E-state index contributed by atoms with van der Waals surface area (Å²) >= 11 is 0. The van der Waals surface area contributed by atoms with E-state index in [2.05, 4.69) is 31.3 Å². The van der Waals surface area contributed by atoms with Crippen LogP contribution in [0, 0.1) is 5.92 Å². The lowest BCUT2D eigenvalue weighted by atomic mass is 10.0. The minimum atomic E-state index is -0.956. The third-order valence-electron chi connectivity index (χ3n) is 5.07. The van der Waals surface area contributed by atoms with Gasteiger partial charge in [-0.2, -0.15) is 0 Å². The van der Waals surface area contributed by atoms with Gasteiger partial charge in [0.25, 0.3) is 0 Å². The zero-order valence-corrected chi connectivity index (χ0v) is 15.1. The number of nitrogens with one attached hydrogen (secondary N) is 4. The second-order valence-corrected chi connectivity index (χ2v) is 7.14. The first-order valence-corrected chi connectivity index (χ1v) is 9.17. The van der Waals surface area contributed by atoms with Gasteiger partial charge in [-0.05, 0) is 25.3 Å². The molecule has 0 aromatic carbocycles. The monoisotopic (exact) mass is 376 g/mol. The maximum atomic E-state index is 12.7. The largest absolute Gasteiger partial charge is 0.344 e. The molecule has 3 aliphatic rings. The number of hydrogen-bond acceptors (Lipinski definition) is 7. The summed E-state index contributed by atoms with van der Waals surface area (Å²) in [6, 6.07) is -2.40. The van der Waals surface area contributed by atoms with Gasteiger partial charge in [0.2, 0.25) is 23.6 Å². The number of imide groups is 1. The van der Waals surface area contributed by atoms with Gasteiger partial charge in [-0.1, -0.05) is 6.92 Å². The standard InChI is InChI=1S/C17H24N6O4/c1-9-4-5-19-14(9)17(27)23-16(26)12(6-10-7-18-8-20-10)22-15(25)11-2-3-13(24)21-11/h7-12,14,19H,2-6H2,1H3,(H,21,24)(H,22,25)(H,23,26,27)/t9?,10?,11-,12-,14-/m0/s1. The molecule has 4 amide bonds. The second-order valence-electron chi connectivity index (χ2n) is 7.14. The minimum absolute atomic E-state index is 0.131. The third-order valence-corrected chi connectivity index (χ3v) is 5.07. The van der Waals surface area contributed by atoms with Crippen LogP contribution in [0.15, 0.2) is 9.98 Å². The number of nitrogens with zero attached hydrogens (tertiary/aromatic N) is 2. The summed E-state index contributed by atoms with van der Waals surface area (Å²) in [7, 11) is 0. The van der Waals surface area contributed by atoms with Crippen LogP contribution in [0.1, 0.15) is 32.6 Å².